The van der Waals surface area contributed by atoms with Crippen LogP contribution in [0, 0.1) is 5.92 Å². The minimum atomic E-state index is -0.0476. The predicted octanol–water partition coefficient (Wildman–Crippen LogP) is 1.66. The lowest BCUT2D eigenvalue weighted by Crippen LogP contribution is -2.49. The molecule has 1 fully saturated rings. The fraction of sp³-hybridized carbons (Fsp3) is 0.562. The monoisotopic (exact) mass is 302 g/mol. The Kier molecular flexibility index (Phi) is 3.87. The molecule has 0 aromatic carbocycles. The molecule has 3 heterocycles. The lowest BCUT2D eigenvalue weighted by molar-refractivity contribution is 0.0740. The third-order valence-electron chi connectivity index (χ3n) is 3.98. The molecule has 0 radical (unpaired) electrons. The van der Waals surface area contributed by atoms with Crippen molar-refractivity contribution < 1.29 is 4.52 Å². The lowest BCUT2D eigenvalue weighted by atomic mass is 9.92. The Balaban J connectivity index is 1.60. The molecule has 0 bridgehead atoms. The predicted molar refractivity (Wildman–Crippen MR) is 82.5 cm³/mol. The van der Waals surface area contributed by atoms with Crippen molar-refractivity contribution in [3.63, 3.8) is 0 Å². The summed E-state index contributed by atoms with van der Waals surface area (Å²) < 4.78 is 6.44. The van der Waals surface area contributed by atoms with E-state index in [2.05, 4.69) is 35.9 Å². The van der Waals surface area contributed by atoms with Gasteiger partial charge in [0.15, 0.2) is 0 Å². The van der Waals surface area contributed by atoms with Gasteiger partial charge in [0.1, 0.15) is 6.26 Å². The van der Waals surface area contributed by atoms with Gasteiger partial charge in [-0.05, 0) is 6.07 Å². The Hall–Kier alpha value is -1.95. The second-order valence-electron chi connectivity index (χ2n) is 7.04. The van der Waals surface area contributed by atoms with E-state index in [0.29, 0.717) is 12.5 Å². The van der Waals surface area contributed by atoms with Gasteiger partial charge in [-0.2, -0.15) is 5.10 Å². The van der Waals surface area contributed by atoms with Crippen molar-refractivity contribution in [1.82, 2.24) is 19.8 Å². The van der Waals surface area contributed by atoms with Crippen LogP contribution in [0.5, 0.6) is 0 Å². The van der Waals surface area contributed by atoms with Gasteiger partial charge in [-0.1, -0.05) is 25.9 Å². The fourth-order valence-electron chi connectivity index (χ4n) is 2.69. The van der Waals surface area contributed by atoms with E-state index in [1.54, 1.807) is 17.0 Å². The zero-order chi connectivity index (χ0) is 15.7. The molecule has 6 nitrogen and oxygen atoms in total. The normalized spacial score (nSPS) is 16.7. The van der Waals surface area contributed by atoms with Crippen LogP contribution in [0.15, 0.2) is 33.8 Å². The molecular weight excluding hydrogens is 280 g/mol. The van der Waals surface area contributed by atoms with Crippen LogP contribution < -0.4 is 5.56 Å². The topological polar surface area (TPSA) is 64.2 Å². The van der Waals surface area contributed by atoms with E-state index < -0.39 is 0 Å². The second kappa shape index (κ2) is 5.68. The van der Waals surface area contributed by atoms with Gasteiger partial charge >= 0.3 is 0 Å². The number of hydrogen-bond acceptors (Lipinski definition) is 5. The third-order valence-corrected chi connectivity index (χ3v) is 3.98. The number of rotatable bonds is 4. The van der Waals surface area contributed by atoms with Gasteiger partial charge in [-0.15, -0.1) is 0 Å². The summed E-state index contributed by atoms with van der Waals surface area (Å²) in [7, 11) is 0. The molecule has 0 saturated carbocycles. The maximum Gasteiger partial charge on any atom is 0.266 e. The maximum atomic E-state index is 12.0. The standard InChI is InChI=1S/C16H22N4O2/c1-16(2,3)14-4-5-15(21)20(17-14)10-12-8-19(9-12)11-13-6-7-22-18-13/h4-7,12H,8-11H2,1-3H3. The van der Waals surface area contributed by atoms with Crippen LogP contribution in [0.25, 0.3) is 0 Å². The first-order valence-electron chi connectivity index (χ1n) is 7.62. The van der Waals surface area contributed by atoms with E-state index in [-0.39, 0.29) is 11.0 Å². The number of nitrogens with zero attached hydrogens (tertiary/aromatic N) is 4. The summed E-state index contributed by atoms with van der Waals surface area (Å²) in [6.45, 7) is 9.71. The smallest absolute Gasteiger partial charge is 0.266 e. The van der Waals surface area contributed by atoms with Crippen molar-refractivity contribution >= 4 is 0 Å². The van der Waals surface area contributed by atoms with Crippen LogP contribution in [0.1, 0.15) is 32.2 Å². The lowest BCUT2D eigenvalue weighted by Gasteiger charge is -2.38. The van der Waals surface area contributed by atoms with E-state index in [0.717, 1.165) is 31.0 Å². The number of hydrogen-bond donors (Lipinski definition) is 0. The highest BCUT2D eigenvalue weighted by Crippen LogP contribution is 2.21. The molecule has 0 amide bonds. The van der Waals surface area contributed by atoms with Crippen molar-refractivity contribution in [2.45, 2.75) is 39.3 Å². The summed E-state index contributed by atoms with van der Waals surface area (Å²) in [5, 5.41) is 8.44. The molecule has 6 heteroatoms. The molecule has 0 spiro atoms. The Morgan fingerprint density at radius 3 is 2.68 bits per heavy atom. The minimum absolute atomic E-state index is 0.0250. The molecule has 2 aromatic heterocycles. The summed E-state index contributed by atoms with van der Waals surface area (Å²) in [4.78, 5) is 14.3. The molecule has 0 unspecified atom stereocenters. The van der Waals surface area contributed by atoms with Gasteiger partial charge in [-0.3, -0.25) is 9.69 Å². The van der Waals surface area contributed by atoms with Gasteiger partial charge in [0.25, 0.3) is 5.56 Å². The Morgan fingerprint density at radius 1 is 1.27 bits per heavy atom. The first-order chi connectivity index (χ1) is 10.4. The average Bonchev–Trinajstić information content (AvgIpc) is 2.90. The van der Waals surface area contributed by atoms with Crippen LogP contribution in [0.3, 0.4) is 0 Å². The van der Waals surface area contributed by atoms with E-state index >= 15 is 0 Å². The quantitative estimate of drug-likeness (QED) is 0.859. The van der Waals surface area contributed by atoms with E-state index in [9.17, 15) is 4.79 Å². The summed E-state index contributed by atoms with van der Waals surface area (Å²) in [5.41, 5.74) is 1.82. The largest absolute Gasteiger partial charge is 0.364 e. The van der Waals surface area contributed by atoms with Crippen LogP contribution >= 0.6 is 0 Å². The Bertz CT molecular complexity index is 679. The Morgan fingerprint density at radius 2 is 2.05 bits per heavy atom. The molecule has 3 rings (SSSR count). The van der Waals surface area contributed by atoms with Crippen LogP contribution in [-0.2, 0) is 18.5 Å². The van der Waals surface area contributed by atoms with Gasteiger partial charge in [0.05, 0.1) is 17.9 Å². The van der Waals surface area contributed by atoms with Crippen molar-refractivity contribution in [3.8, 4) is 0 Å². The second-order valence-corrected chi connectivity index (χ2v) is 7.04. The summed E-state index contributed by atoms with van der Waals surface area (Å²) in [5.74, 6) is 0.465. The molecule has 0 atom stereocenters. The van der Waals surface area contributed by atoms with Crippen LogP contribution in [0.4, 0.5) is 0 Å². The molecule has 1 aliphatic rings. The maximum absolute atomic E-state index is 12.0. The molecule has 22 heavy (non-hydrogen) atoms. The van der Waals surface area contributed by atoms with Crippen molar-refractivity contribution in [2.75, 3.05) is 13.1 Å². The molecule has 0 aliphatic carbocycles. The van der Waals surface area contributed by atoms with Crippen molar-refractivity contribution in [2.24, 2.45) is 5.92 Å². The zero-order valence-electron chi connectivity index (χ0n) is 13.3. The Labute approximate surface area is 129 Å². The summed E-state index contributed by atoms with van der Waals surface area (Å²) in [6.07, 6.45) is 1.59. The molecule has 2 aromatic rings. The minimum Gasteiger partial charge on any atom is -0.364 e. The molecule has 118 valence electrons. The van der Waals surface area contributed by atoms with Crippen LogP contribution in [0.2, 0.25) is 0 Å². The van der Waals surface area contributed by atoms with E-state index in [1.807, 2.05) is 12.1 Å². The van der Waals surface area contributed by atoms with E-state index in [1.165, 1.54) is 0 Å². The molecule has 1 saturated heterocycles. The fourth-order valence-corrected chi connectivity index (χ4v) is 2.69. The first-order valence-corrected chi connectivity index (χ1v) is 7.62. The number of likely N-dealkylation sites (tertiary alicyclic amines) is 1. The highest BCUT2D eigenvalue weighted by Gasteiger charge is 2.28. The van der Waals surface area contributed by atoms with Gasteiger partial charge in [-0.25, -0.2) is 4.68 Å². The molecule has 1 aliphatic heterocycles. The van der Waals surface area contributed by atoms with E-state index in [4.69, 9.17) is 4.52 Å². The van der Waals surface area contributed by atoms with Crippen LogP contribution in [-0.4, -0.2) is 32.9 Å². The first kappa shape index (κ1) is 15.0. The van der Waals surface area contributed by atoms with Crippen molar-refractivity contribution in [1.29, 1.82) is 0 Å². The average molecular weight is 302 g/mol. The van der Waals surface area contributed by atoms with Gasteiger partial charge < -0.3 is 4.52 Å². The number of aromatic nitrogens is 3. The zero-order valence-corrected chi connectivity index (χ0v) is 13.3. The highest BCUT2D eigenvalue weighted by atomic mass is 16.5. The highest BCUT2D eigenvalue weighted by molar-refractivity contribution is 5.10. The van der Waals surface area contributed by atoms with Gasteiger partial charge in [0.2, 0.25) is 0 Å². The summed E-state index contributed by atoms with van der Waals surface area (Å²) in [6, 6.07) is 5.34. The summed E-state index contributed by atoms with van der Waals surface area (Å²) >= 11 is 0. The molecular formula is C16H22N4O2. The van der Waals surface area contributed by atoms with Crippen molar-refractivity contribution in [3.05, 3.63) is 46.2 Å². The molecule has 0 N–H and O–H groups in total. The van der Waals surface area contributed by atoms with Gasteiger partial charge in [0, 0.05) is 43.1 Å². The third kappa shape index (κ3) is 3.27. The SMILES string of the molecule is CC(C)(C)c1ccc(=O)n(CC2CN(Cc3ccon3)C2)n1.